The lowest BCUT2D eigenvalue weighted by Crippen LogP contribution is -2.43. The van der Waals surface area contributed by atoms with Crippen LogP contribution in [0.1, 0.15) is 53.4 Å². The van der Waals surface area contributed by atoms with Crippen LogP contribution in [0.2, 0.25) is 0 Å². The number of carbonyl (C=O) groups is 4. The van der Waals surface area contributed by atoms with Crippen LogP contribution in [0, 0.1) is 5.41 Å². The molecular weight excluding hydrogens is 484 g/mol. The maximum Gasteiger partial charge on any atom is 0.222 e. The minimum atomic E-state index is -0.783. The highest BCUT2D eigenvalue weighted by atomic mass is 16.5. The first-order chi connectivity index (χ1) is 17.5. The van der Waals surface area contributed by atoms with E-state index in [0.29, 0.717) is 0 Å². The molecule has 0 bridgehead atoms. The third kappa shape index (κ3) is 19.5. The Bertz CT molecular complexity index is 617. The molecule has 0 saturated heterocycles. The van der Waals surface area contributed by atoms with Gasteiger partial charge in [-0.15, -0.1) is 0 Å². The average molecular weight is 533 g/mol. The van der Waals surface area contributed by atoms with E-state index in [4.69, 9.17) is 18.9 Å². The summed E-state index contributed by atoms with van der Waals surface area (Å²) in [5, 5.41) is 10.7. The zero-order valence-electron chi connectivity index (χ0n) is 23.4. The molecule has 216 valence electrons. The van der Waals surface area contributed by atoms with Crippen LogP contribution in [-0.2, 0) is 38.1 Å². The number of ether oxygens (including phenoxy) is 4. The first-order valence-corrected chi connectivity index (χ1v) is 12.8. The van der Waals surface area contributed by atoms with Crippen LogP contribution in [0.3, 0.4) is 0 Å². The summed E-state index contributed by atoms with van der Waals surface area (Å²) in [6.07, 6.45) is 0.770. The normalized spacial score (nSPS) is 11.5. The molecule has 0 unspecified atom stereocenters. The molecule has 0 radical (unpaired) electrons. The molecule has 0 heterocycles. The van der Waals surface area contributed by atoms with E-state index in [1.807, 2.05) is 27.7 Å². The van der Waals surface area contributed by atoms with Gasteiger partial charge in [0.25, 0.3) is 0 Å². The summed E-state index contributed by atoms with van der Waals surface area (Å²) in [5.41, 5.74) is -0.783. The van der Waals surface area contributed by atoms with Crippen LogP contribution in [0.25, 0.3) is 0 Å². The molecule has 0 aliphatic rings. The van der Waals surface area contributed by atoms with Gasteiger partial charge in [-0.05, 0) is 27.7 Å². The Hall–Kier alpha value is -2.28. The fourth-order valence-corrected chi connectivity index (χ4v) is 3.10. The SMILES string of the molecule is CNC(=O)CCOCC(COCCC(=O)NC)(COCCC(=O)NC(C)C)COCCC(=O)NC(C)C. The van der Waals surface area contributed by atoms with Gasteiger partial charge in [0, 0.05) is 51.9 Å². The lowest BCUT2D eigenvalue weighted by Gasteiger charge is -2.33. The highest BCUT2D eigenvalue weighted by molar-refractivity contribution is 5.77. The Labute approximate surface area is 221 Å². The van der Waals surface area contributed by atoms with E-state index in [1.54, 1.807) is 14.1 Å². The van der Waals surface area contributed by atoms with Gasteiger partial charge in [0.1, 0.15) is 0 Å². The fourth-order valence-electron chi connectivity index (χ4n) is 3.10. The first-order valence-electron chi connectivity index (χ1n) is 12.8. The number of hydrogen-bond acceptors (Lipinski definition) is 8. The molecule has 0 aromatic heterocycles. The Balaban J connectivity index is 5.20. The molecule has 0 saturated carbocycles. The van der Waals surface area contributed by atoms with E-state index < -0.39 is 5.41 Å². The molecule has 0 aromatic rings. The molecule has 37 heavy (non-hydrogen) atoms. The van der Waals surface area contributed by atoms with Gasteiger partial charge >= 0.3 is 0 Å². The van der Waals surface area contributed by atoms with Crippen LogP contribution in [0.15, 0.2) is 0 Å². The molecular formula is C25H48N4O8. The van der Waals surface area contributed by atoms with Crippen LogP contribution in [-0.4, -0.2) is 103 Å². The molecule has 0 aromatic carbocycles. The van der Waals surface area contributed by atoms with Crippen LogP contribution in [0.4, 0.5) is 0 Å². The summed E-state index contributed by atoms with van der Waals surface area (Å²) in [4.78, 5) is 47.0. The number of hydrogen-bond donors (Lipinski definition) is 4. The van der Waals surface area contributed by atoms with Gasteiger partial charge in [-0.2, -0.15) is 0 Å². The van der Waals surface area contributed by atoms with Gasteiger partial charge in [-0.1, -0.05) is 0 Å². The second kappa shape index (κ2) is 20.7. The molecule has 12 heteroatoms. The second-order valence-corrected chi connectivity index (χ2v) is 9.50. The molecule has 0 aliphatic heterocycles. The minimum Gasteiger partial charge on any atom is -0.380 e. The van der Waals surface area contributed by atoms with Gasteiger partial charge in [-0.3, -0.25) is 19.2 Å². The molecule has 0 aliphatic carbocycles. The minimum absolute atomic E-state index is 0.0373. The van der Waals surface area contributed by atoms with E-state index in [1.165, 1.54) is 0 Å². The maximum absolute atomic E-state index is 12.0. The summed E-state index contributed by atoms with van der Waals surface area (Å²) >= 11 is 0. The van der Waals surface area contributed by atoms with Crippen LogP contribution >= 0.6 is 0 Å². The highest BCUT2D eigenvalue weighted by Crippen LogP contribution is 2.21. The van der Waals surface area contributed by atoms with Crippen molar-refractivity contribution in [1.82, 2.24) is 21.3 Å². The lowest BCUT2D eigenvalue weighted by molar-refractivity contribution is -0.128. The first kappa shape index (κ1) is 34.7. The standard InChI is InChI=1S/C25H48N4O8/c1-19(2)28-23(32)9-13-36-17-25(15-34-11-7-21(30)26-5,16-35-12-8-22(31)27-6)18-37-14-10-24(33)29-20(3)4/h19-20H,7-18H2,1-6H3,(H,26,30)(H,27,31)(H,28,32)(H,29,33). The van der Waals surface area contributed by atoms with E-state index in [2.05, 4.69) is 21.3 Å². The Morgan fingerprint density at radius 1 is 0.541 bits per heavy atom. The lowest BCUT2D eigenvalue weighted by atomic mass is 9.92. The van der Waals surface area contributed by atoms with Crippen molar-refractivity contribution in [2.24, 2.45) is 5.41 Å². The van der Waals surface area contributed by atoms with E-state index in [9.17, 15) is 19.2 Å². The zero-order chi connectivity index (χ0) is 28.1. The summed E-state index contributed by atoms with van der Waals surface area (Å²) in [6, 6.07) is 0.0747. The Kier molecular flexibility index (Phi) is 19.5. The highest BCUT2D eigenvalue weighted by Gasteiger charge is 2.33. The van der Waals surface area contributed by atoms with Gasteiger partial charge in [-0.25, -0.2) is 0 Å². The third-order valence-electron chi connectivity index (χ3n) is 4.98. The van der Waals surface area contributed by atoms with Gasteiger partial charge in [0.2, 0.25) is 23.6 Å². The molecule has 4 N–H and O–H groups in total. The van der Waals surface area contributed by atoms with Crippen molar-refractivity contribution < 1.29 is 38.1 Å². The fraction of sp³-hybridized carbons (Fsp3) is 0.840. The predicted octanol–water partition coefficient (Wildman–Crippen LogP) is 0.141. The Morgan fingerprint density at radius 2 is 0.811 bits per heavy atom. The van der Waals surface area contributed by atoms with Gasteiger partial charge < -0.3 is 40.2 Å². The Morgan fingerprint density at radius 3 is 1.05 bits per heavy atom. The number of rotatable bonds is 22. The van der Waals surface area contributed by atoms with Crippen molar-refractivity contribution in [3.63, 3.8) is 0 Å². The maximum atomic E-state index is 12.0. The van der Waals surface area contributed by atoms with Crippen molar-refractivity contribution in [3.05, 3.63) is 0 Å². The summed E-state index contributed by atoms with van der Waals surface area (Å²) < 4.78 is 23.3. The molecule has 4 amide bonds. The van der Waals surface area contributed by atoms with Crippen LogP contribution in [0.5, 0.6) is 0 Å². The molecule has 0 rings (SSSR count). The molecule has 12 nitrogen and oxygen atoms in total. The van der Waals surface area contributed by atoms with Gasteiger partial charge in [0.15, 0.2) is 0 Å². The molecule has 0 fully saturated rings. The average Bonchev–Trinajstić information content (AvgIpc) is 2.83. The monoisotopic (exact) mass is 532 g/mol. The van der Waals surface area contributed by atoms with E-state index in [0.717, 1.165) is 0 Å². The largest absolute Gasteiger partial charge is 0.380 e. The summed E-state index contributed by atoms with van der Waals surface area (Å²) in [6.45, 7) is 8.90. The number of amides is 4. The van der Waals surface area contributed by atoms with E-state index >= 15 is 0 Å². The van der Waals surface area contributed by atoms with Gasteiger partial charge in [0.05, 0.1) is 58.3 Å². The summed E-state index contributed by atoms with van der Waals surface area (Å²) in [5.74, 6) is -0.521. The molecule has 0 spiro atoms. The van der Waals surface area contributed by atoms with Crippen molar-refractivity contribution in [1.29, 1.82) is 0 Å². The van der Waals surface area contributed by atoms with Crippen molar-refractivity contribution >= 4 is 23.6 Å². The van der Waals surface area contributed by atoms with Crippen molar-refractivity contribution in [2.45, 2.75) is 65.5 Å². The van der Waals surface area contributed by atoms with Crippen molar-refractivity contribution in [2.75, 3.05) is 67.0 Å². The molecule has 0 atom stereocenters. The summed E-state index contributed by atoms with van der Waals surface area (Å²) in [7, 11) is 3.11. The topological polar surface area (TPSA) is 153 Å². The van der Waals surface area contributed by atoms with Crippen molar-refractivity contribution in [3.8, 4) is 0 Å². The number of nitrogens with one attached hydrogen (secondary N) is 4. The zero-order valence-corrected chi connectivity index (χ0v) is 23.4. The van der Waals surface area contributed by atoms with Crippen LogP contribution < -0.4 is 21.3 Å². The van der Waals surface area contributed by atoms with E-state index in [-0.39, 0.29) is 114 Å². The smallest absolute Gasteiger partial charge is 0.222 e. The number of carbonyl (C=O) groups excluding carboxylic acids is 4. The quantitative estimate of drug-likeness (QED) is 0.144. The second-order valence-electron chi connectivity index (χ2n) is 9.50. The predicted molar refractivity (Wildman–Crippen MR) is 139 cm³/mol. The third-order valence-corrected chi connectivity index (χ3v) is 4.98.